The molecule has 0 aromatic heterocycles. The Morgan fingerprint density at radius 3 is 2.48 bits per heavy atom. The van der Waals surface area contributed by atoms with E-state index in [9.17, 15) is 14.7 Å². The number of carbonyl (C=O) groups is 2. The molecule has 0 spiro atoms. The number of terminal acetylenes is 1. The zero-order valence-corrected chi connectivity index (χ0v) is 14.6. The summed E-state index contributed by atoms with van der Waals surface area (Å²) in [5.74, 6) is 0.895. The molecule has 0 atom stereocenters. The maximum Gasteiger partial charge on any atom is 0.330 e. The van der Waals surface area contributed by atoms with Crippen molar-refractivity contribution < 1.29 is 19.4 Å². The molecule has 1 aromatic carbocycles. The van der Waals surface area contributed by atoms with Crippen LogP contribution in [0.4, 0.5) is 5.69 Å². The maximum atomic E-state index is 12.5. The van der Waals surface area contributed by atoms with Crippen molar-refractivity contribution in [2.45, 2.75) is 56.6 Å². The Hall–Kier alpha value is -2.19. The number of hydrogen-bond acceptors (Lipinski definition) is 3. The van der Waals surface area contributed by atoms with Gasteiger partial charge in [0.25, 0.3) is 0 Å². The van der Waals surface area contributed by atoms with Gasteiger partial charge in [0.2, 0.25) is 0 Å². The molecule has 2 fully saturated rings. The molecule has 3 rings (SSSR count). The van der Waals surface area contributed by atoms with Crippen molar-refractivity contribution in [1.29, 1.82) is 0 Å². The van der Waals surface area contributed by atoms with E-state index in [1.54, 1.807) is 18.2 Å². The molecular weight excluding hydrogens is 342 g/mol. The van der Waals surface area contributed by atoms with Gasteiger partial charge in [-0.25, -0.2) is 4.79 Å². The second-order valence-corrected chi connectivity index (χ2v) is 7.02. The molecule has 1 N–H and O–H groups in total. The van der Waals surface area contributed by atoms with E-state index < -0.39 is 17.4 Å². The average molecular weight is 362 g/mol. The number of aliphatic carboxylic acids is 1. The van der Waals surface area contributed by atoms with E-state index in [1.165, 1.54) is 4.90 Å². The summed E-state index contributed by atoms with van der Waals surface area (Å²) in [6, 6.07) is 4.89. The quantitative estimate of drug-likeness (QED) is 0.813. The monoisotopic (exact) mass is 361 g/mol. The van der Waals surface area contributed by atoms with Gasteiger partial charge in [-0.3, -0.25) is 9.69 Å². The fourth-order valence-corrected chi connectivity index (χ4v) is 3.60. The molecule has 2 aliphatic carbocycles. The van der Waals surface area contributed by atoms with Crippen molar-refractivity contribution in [1.82, 2.24) is 0 Å². The molecule has 0 radical (unpaired) electrons. The lowest BCUT2D eigenvalue weighted by Gasteiger charge is -2.42. The minimum absolute atomic E-state index is 0.190. The van der Waals surface area contributed by atoms with Gasteiger partial charge >= 0.3 is 11.9 Å². The molecule has 1 aromatic rings. The first kappa shape index (κ1) is 17.6. The van der Waals surface area contributed by atoms with Gasteiger partial charge in [0, 0.05) is 5.69 Å². The van der Waals surface area contributed by atoms with E-state index in [1.807, 2.05) is 0 Å². The predicted octanol–water partition coefficient (Wildman–Crippen LogP) is 3.63. The third-order valence-electron chi connectivity index (χ3n) is 4.83. The summed E-state index contributed by atoms with van der Waals surface area (Å²) in [5, 5.41) is 10.2. The lowest BCUT2D eigenvalue weighted by molar-refractivity contribution is -0.146. The Kier molecular flexibility index (Phi) is 4.91. The first-order valence-electron chi connectivity index (χ1n) is 8.48. The second kappa shape index (κ2) is 6.97. The van der Waals surface area contributed by atoms with Crippen LogP contribution >= 0.6 is 11.6 Å². The molecule has 0 unspecified atom stereocenters. The Balaban J connectivity index is 2.00. The zero-order valence-electron chi connectivity index (χ0n) is 13.8. The largest absolute Gasteiger partial charge is 0.489 e. The van der Waals surface area contributed by atoms with E-state index in [2.05, 4.69) is 5.92 Å². The highest BCUT2D eigenvalue weighted by atomic mass is 35.5. The topological polar surface area (TPSA) is 66.8 Å². The molecule has 0 aliphatic heterocycles. The highest BCUT2D eigenvalue weighted by Gasteiger charge is 2.48. The lowest BCUT2D eigenvalue weighted by atomic mass is 9.79. The van der Waals surface area contributed by atoms with Crippen molar-refractivity contribution in [2.24, 2.45) is 0 Å². The van der Waals surface area contributed by atoms with Gasteiger partial charge in [0.1, 0.15) is 11.3 Å². The third kappa shape index (κ3) is 3.45. The number of carboxylic acids is 1. The van der Waals surface area contributed by atoms with Gasteiger partial charge in [-0.1, -0.05) is 30.9 Å². The number of benzene rings is 1. The number of carboxylic acid groups (broad SMARTS) is 1. The van der Waals surface area contributed by atoms with Crippen LogP contribution in [0.25, 0.3) is 0 Å². The molecule has 1 amide bonds. The lowest BCUT2D eigenvalue weighted by Crippen LogP contribution is -2.58. The molecule has 2 saturated carbocycles. The third-order valence-corrected chi connectivity index (χ3v) is 5.12. The Morgan fingerprint density at radius 2 is 1.96 bits per heavy atom. The van der Waals surface area contributed by atoms with Gasteiger partial charge in [-0.05, 0) is 49.8 Å². The number of nitrogens with zero attached hydrogens (tertiary/aromatic N) is 1. The van der Waals surface area contributed by atoms with Crippen LogP contribution in [0.2, 0.25) is 5.02 Å². The number of anilines is 1. The number of halogens is 1. The molecule has 25 heavy (non-hydrogen) atoms. The Labute approximate surface area is 151 Å². The van der Waals surface area contributed by atoms with Crippen LogP contribution in [0, 0.1) is 12.3 Å². The molecule has 0 bridgehead atoms. The van der Waals surface area contributed by atoms with Crippen molar-refractivity contribution in [2.75, 3.05) is 4.90 Å². The molecule has 5 nitrogen and oxygen atoms in total. The summed E-state index contributed by atoms with van der Waals surface area (Å²) in [5.41, 5.74) is -0.940. The van der Waals surface area contributed by atoms with E-state index in [0.29, 0.717) is 29.3 Å². The predicted molar refractivity (Wildman–Crippen MR) is 94.9 cm³/mol. The van der Waals surface area contributed by atoms with Gasteiger partial charge in [0.05, 0.1) is 11.1 Å². The van der Waals surface area contributed by atoms with Crippen molar-refractivity contribution in [3.8, 4) is 18.1 Å². The van der Waals surface area contributed by atoms with Gasteiger partial charge in [0.15, 0.2) is 0 Å². The minimum Gasteiger partial charge on any atom is -0.489 e. The number of hydrogen-bond donors (Lipinski definition) is 1. The number of carbonyl (C=O) groups excluding carboxylic acids is 1. The normalized spacial score (nSPS) is 18.9. The minimum atomic E-state index is -1.33. The molecule has 132 valence electrons. The summed E-state index contributed by atoms with van der Waals surface area (Å²) in [4.78, 5) is 25.8. The summed E-state index contributed by atoms with van der Waals surface area (Å²) in [6.45, 7) is 0. The number of ether oxygens (including phenoxy) is 1. The van der Waals surface area contributed by atoms with Gasteiger partial charge in [-0.2, -0.15) is 0 Å². The van der Waals surface area contributed by atoms with Crippen LogP contribution in [0.15, 0.2) is 18.2 Å². The standard InChI is InChI=1S/C19H20ClNO4/c1-2-17(22)21(19(18(23)24)10-4-3-5-11-19)13-6-9-16(15(20)12-13)25-14-7-8-14/h1,6,9,12,14H,3-5,7-8,10-11H2,(H,23,24). The smallest absolute Gasteiger partial charge is 0.330 e. The van der Waals surface area contributed by atoms with Crippen LogP contribution in [-0.4, -0.2) is 28.6 Å². The highest BCUT2D eigenvalue weighted by Crippen LogP contribution is 2.40. The molecule has 0 heterocycles. The van der Waals surface area contributed by atoms with Crippen LogP contribution in [0.3, 0.4) is 0 Å². The molecule has 2 aliphatic rings. The summed E-state index contributed by atoms with van der Waals surface area (Å²) in [7, 11) is 0. The van der Waals surface area contributed by atoms with Crippen LogP contribution in [0.1, 0.15) is 44.9 Å². The highest BCUT2D eigenvalue weighted by molar-refractivity contribution is 6.32. The van der Waals surface area contributed by atoms with Gasteiger partial charge in [-0.15, -0.1) is 6.42 Å². The zero-order chi connectivity index (χ0) is 18.0. The van der Waals surface area contributed by atoms with Gasteiger partial charge < -0.3 is 9.84 Å². The fraction of sp³-hybridized carbons (Fsp3) is 0.474. The average Bonchev–Trinajstić information content (AvgIpc) is 3.42. The fourth-order valence-electron chi connectivity index (χ4n) is 3.38. The number of rotatable bonds is 5. The van der Waals surface area contributed by atoms with Crippen molar-refractivity contribution in [3.63, 3.8) is 0 Å². The van der Waals surface area contributed by atoms with E-state index in [4.69, 9.17) is 22.8 Å². The Bertz CT molecular complexity index is 729. The summed E-state index contributed by atoms with van der Waals surface area (Å²) in [6.07, 6.45) is 10.7. The molecular formula is C19H20ClNO4. The van der Waals surface area contributed by atoms with E-state index in [-0.39, 0.29) is 6.10 Å². The Morgan fingerprint density at radius 1 is 1.28 bits per heavy atom. The van der Waals surface area contributed by atoms with Crippen molar-refractivity contribution in [3.05, 3.63) is 23.2 Å². The second-order valence-electron chi connectivity index (χ2n) is 6.61. The molecule has 6 heteroatoms. The first-order valence-corrected chi connectivity index (χ1v) is 8.86. The summed E-state index contributed by atoms with van der Waals surface area (Å²) >= 11 is 6.30. The SMILES string of the molecule is C#CC(=O)N(c1ccc(OC2CC2)c(Cl)c1)C1(C(=O)O)CCCCC1. The van der Waals surface area contributed by atoms with E-state index in [0.717, 1.165) is 32.1 Å². The van der Waals surface area contributed by atoms with E-state index >= 15 is 0 Å². The summed E-state index contributed by atoms with van der Waals surface area (Å²) < 4.78 is 5.70. The van der Waals surface area contributed by atoms with Crippen LogP contribution in [-0.2, 0) is 9.59 Å². The van der Waals surface area contributed by atoms with Crippen LogP contribution < -0.4 is 9.64 Å². The molecule has 0 saturated heterocycles. The van der Waals surface area contributed by atoms with Crippen molar-refractivity contribution >= 4 is 29.2 Å². The number of amides is 1. The van der Waals surface area contributed by atoms with Crippen LogP contribution in [0.5, 0.6) is 5.75 Å². The first-order chi connectivity index (χ1) is 12.0. The maximum absolute atomic E-state index is 12.5.